The van der Waals surface area contributed by atoms with E-state index in [1.165, 1.54) is 24.3 Å². The van der Waals surface area contributed by atoms with Crippen molar-refractivity contribution in [2.75, 3.05) is 17.2 Å². The van der Waals surface area contributed by atoms with Gasteiger partial charge in [-0.1, -0.05) is 45.0 Å². The molecular formula is C26H26N2O5. The third-order valence-electron chi connectivity index (χ3n) is 4.93. The molecule has 0 spiro atoms. The summed E-state index contributed by atoms with van der Waals surface area (Å²) in [6.45, 7) is 6.15. The van der Waals surface area contributed by atoms with Gasteiger partial charge in [0.1, 0.15) is 5.75 Å². The van der Waals surface area contributed by atoms with Crippen LogP contribution in [0, 0.1) is 0 Å². The molecule has 0 aliphatic rings. The largest absolute Gasteiger partial charge is 0.484 e. The van der Waals surface area contributed by atoms with Crippen LogP contribution in [0.5, 0.6) is 5.75 Å². The number of benzene rings is 3. The number of hydrogen-bond acceptors (Lipinski definition) is 4. The molecule has 0 atom stereocenters. The van der Waals surface area contributed by atoms with Crippen molar-refractivity contribution < 1.29 is 24.2 Å². The molecule has 3 N–H and O–H groups in total. The second kappa shape index (κ2) is 9.99. The lowest BCUT2D eigenvalue weighted by Crippen LogP contribution is -2.23. The number of aromatic carboxylic acids is 1. The van der Waals surface area contributed by atoms with E-state index in [1.807, 2.05) is 24.3 Å². The van der Waals surface area contributed by atoms with Gasteiger partial charge in [0, 0.05) is 5.69 Å². The third-order valence-corrected chi connectivity index (χ3v) is 4.93. The van der Waals surface area contributed by atoms with Gasteiger partial charge in [0.05, 0.1) is 16.8 Å². The number of ether oxygens (including phenoxy) is 1. The summed E-state index contributed by atoms with van der Waals surface area (Å²) in [7, 11) is 0. The Labute approximate surface area is 192 Å². The smallest absolute Gasteiger partial charge is 0.335 e. The van der Waals surface area contributed by atoms with Crippen LogP contribution < -0.4 is 15.4 Å². The number of nitrogens with one attached hydrogen (secondary N) is 2. The number of anilines is 2. The predicted octanol–water partition coefficient (Wildman–Crippen LogP) is 4.95. The van der Waals surface area contributed by atoms with Crippen LogP contribution in [-0.4, -0.2) is 29.5 Å². The van der Waals surface area contributed by atoms with Gasteiger partial charge in [-0.25, -0.2) is 4.79 Å². The number of carboxylic acids is 1. The molecule has 0 saturated carbocycles. The fraction of sp³-hybridized carbons (Fsp3) is 0.192. The summed E-state index contributed by atoms with van der Waals surface area (Å²) in [6.07, 6.45) is 0. The molecule has 0 fully saturated rings. The highest BCUT2D eigenvalue weighted by Crippen LogP contribution is 2.24. The van der Waals surface area contributed by atoms with Crippen molar-refractivity contribution >= 4 is 29.2 Å². The van der Waals surface area contributed by atoms with E-state index in [0.29, 0.717) is 17.1 Å². The molecule has 33 heavy (non-hydrogen) atoms. The van der Waals surface area contributed by atoms with Crippen molar-refractivity contribution in [3.8, 4) is 5.75 Å². The van der Waals surface area contributed by atoms with E-state index in [4.69, 9.17) is 9.84 Å². The number of carbonyl (C=O) groups is 3. The van der Waals surface area contributed by atoms with Crippen LogP contribution >= 0.6 is 0 Å². The second-order valence-corrected chi connectivity index (χ2v) is 8.49. The van der Waals surface area contributed by atoms with Crippen LogP contribution in [0.25, 0.3) is 0 Å². The van der Waals surface area contributed by atoms with E-state index >= 15 is 0 Å². The summed E-state index contributed by atoms with van der Waals surface area (Å²) >= 11 is 0. The summed E-state index contributed by atoms with van der Waals surface area (Å²) < 4.78 is 5.57. The van der Waals surface area contributed by atoms with E-state index in [2.05, 4.69) is 31.4 Å². The van der Waals surface area contributed by atoms with Gasteiger partial charge in [0.25, 0.3) is 11.8 Å². The minimum Gasteiger partial charge on any atom is -0.484 e. The maximum Gasteiger partial charge on any atom is 0.335 e. The molecule has 0 radical (unpaired) electrons. The molecule has 3 aromatic carbocycles. The molecule has 0 heterocycles. The Morgan fingerprint density at radius 2 is 1.48 bits per heavy atom. The van der Waals surface area contributed by atoms with Crippen LogP contribution in [0.15, 0.2) is 72.8 Å². The van der Waals surface area contributed by atoms with Crippen molar-refractivity contribution in [2.24, 2.45) is 0 Å². The van der Waals surface area contributed by atoms with Crippen LogP contribution in [0.2, 0.25) is 0 Å². The summed E-state index contributed by atoms with van der Waals surface area (Å²) in [5.74, 6) is -1.31. The molecule has 3 aromatic rings. The molecule has 0 bridgehead atoms. The van der Waals surface area contributed by atoms with E-state index in [9.17, 15) is 14.4 Å². The number of hydrogen-bond donors (Lipinski definition) is 3. The standard InChI is InChI=1S/C26H26N2O5/c1-26(2,3)18-10-14-20(15-11-18)33-16-23(29)28-22-7-5-4-6-21(22)24(30)27-19-12-8-17(9-13-19)25(31)32/h4-15H,16H2,1-3H3,(H,27,30)(H,28,29)(H,31,32). The molecule has 0 unspecified atom stereocenters. The monoisotopic (exact) mass is 446 g/mol. The maximum atomic E-state index is 12.7. The SMILES string of the molecule is CC(C)(C)c1ccc(OCC(=O)Nc2ccccc2C(=O)Nc2ccc(C(=O)O)cc2)cc1. The Balaban J connectivity index is 1.61. The van der Waals surface area contributed by atoms with Crippen LogP contribution in [0.4, 0.5) is 11.4 Å². The van der Waals surface area contributed by atoms with E-state index < -0.39 is 17.8 Å². The van der Waals surface area contributed by atoms with Crippen molar-refractivity contribution in [1.82, 2.24) is 0 Å². The Morgan fingerprint density at radius 3 is 2.09 bits per heavy atom. The number of para-hydroxylation sites is 1. The van der Waals surface area contributed by atoms with Crippen LogP contribution in [-0.2, 0) is 10.2 Å². The number of carbonyl (C=O) groups excluding carboxylic acids is 2. The first kappa shape index (κ1) is 23.5. The average molecular weight is 447 g/mol. The number of amides is 2. The zero-order valence-corrected chi connectivity index (χ0v) is 18.7. The van der Waals surface area contributed by atoms with E-state index in [1.54, 1.807) is 24.3 Å². The van der Waals surface area contributed by atoms with Gasteiger partial charge in [0.15, 0.2) is 6.61 Å². The van der Waals surface area contributed by atoms with Gasteiger partial charge >= 0.3 is 5.97 Å². The summed E-state index contributed by atoms with van der Waals surface area (Å²) in [5.41, 5.74) is 2.36. The van der Waals surface area contributed by atoms with Gasteiger partial charge in [-0.2, -0.15) is 0 Å². The van der Waals surface area contributed by atoms with Gasteiger partial charge in [-0.15, -0.1) is 0 Å². The first-order valence-corrected chi connectivity index (χ1v) is 10.4. The van der Waals surface area contributed by atoms with Crippen molar-refractivity contribution in [3.63, 3.8) is 0 Å². The van der Waals surface area contributed by atoms with Gasteiger partial charge in [-0.3, -0.25) is 9.59 Å². The summed E-state index contributed by atoms with van der Waals surface area (Å²) in [6, 6.07) is 20.0. The molecular weight excluding hydrogens is 420 g/mol. The molecule has 7 heteroatoms. The third kappa shape index (κ3) is 6.43. The van der Waals surface area contributed by atoms with Gasteiger partial charge < -0.3 is 20.5 Å². The Morgan fingerprint density at radius 1 is 0.848 bits per heavy atom. The molecule has 7 nitrogen and oxygen atoms in total. The lowest BCUT2D eigenvalue weighted by atomic mass is 9.87. The van der Waals surface area contributed by atoms with E-state index in [0.717, 1.165) is 5.56 Å². The quantitative estimate of drug-likeness (QED) is 0.476. The lowest BCUT2D eigenvalue weighted by molar-refractivity contribution is -0.118. The number of carboxylic acid groups (broad SMARTS) is 1. The van der Waals surface area contributed by atoms with Crippen molar-refractivity contribution in [2.45, 2.75) is 26.2 Å². The molecule has 0 aliphatic carbocycles. The molecule has 2 amide bonds. The summed E-state index contributed by atoms with van der Waals surface area (Å²) in [4.78, 5) is 36.1. The van der Waals surface area contributed by atoms with Gasteiger partial charge in [0.2, 0.25) is 0 Å². The predicted molar refractivity (Wildman–Crippen MR) is 127 cm³/mol. The number of rotatable bonds is 7. The first-order valence-electron chi connectivity index (χ1n) is 10.4. The minimum absolute atomic E-state index is 0.0263. The zero-order valence-electron chi connectivity index (χ0n) is 18.7. The minimum atomic E-state index is -1.05. The fourth-order valence-corrected chi connectivity index (χ4v) is 3.07. The lowest BCUT2D eigenvalue weighted by Gasteiger charge is -2.19. The fourth-order valence-electron chi connectivity index (χ4n) is 3.07. The molecule has 0 aromatic heterocycles. The molecule has 170 valence electrons. The topological polar surface area (TPSA) is 105 Å². The summed E-state index contributed by atoms with van der Waals surface area (Å²) in [5, 5.41) is 14.4. The van der Waals surface area contributed by atoms with Crippen LogP contribution in [0.1, 0.15) is 47.1 Å². The highest BCUT2D eigenvalue weighted by atomic mass is 16.5. The van der Waals surface area contributed by atoms with E-state index in [-0.39, 0.29) is 23.1 Å². The normalized spacial score (nSPS) is 10.9. The Bertz CT molecular complexity index is 1150. The van der Waals surface area contributed by atoms with Crippen molar-refractivity contribution in [1.29, 1.82) is 0 Å². The molecule has 3 rings (SSSR count). The second-order valence-electron chi connectivity index (χ2n) is 8.49. The molecule has 0 saturated heterocycles. The maximum absolute atomic E-state index is 12.7. The Kier molecular flexibility index (Phi) is 7.13. The molecule has 0 aliphatic heterocycles. The highest BCUT2D eigenvalue weighted by Gasteiger charge is 2.15. The van der Waals surface area contributed by atoms with Crippen molar-refractivity contribution in [3.05, 3.63) is 89.5 Å². The highest BCUT2D eigenvalue weighted by molar-refractivity contribution is 6.10. The van der Waals surface area contributed by atoms with Gasteiger partial charge in [-0.05, 0) is 59.5 Å². The Hall–Kier alpha value is -4.13. The van der Waals surface area contributed by atoms with Crippen LogP contribution in [0.3, 0.4) is 0 Å². The zero-order chi connectivity index (χ0) is 24.0. The average Bonchev–Trinajstić information content (AvgIpc) is 2.78. The first-order chi connectivity index (χ1) is 15.6.